The summed E-state index contributed by atoms with van der Waals surface area (Å²) in [7, 11) is 4.01. The van der Waals surface area contributed by atoms with Crippen LogP contribution in [0.5, 0.6) is 5.75 Å². The van der Waals surface area contributed by atoms with Crippen molar-refractivity contribution in [1.82, 2.24) is 29.2 Å². The first kappa shape index (κ1) is 28.0. The number of pyridine rings is 1. The quantitative estimate of drug-likeness (QED) is 0.309. The molecule has 6 rings (SSSR count). The van der Waals surface area contributed by atoms with Crippen molar-refractivity contribution in [2.75, 3.05) is 20.1 Å². The van der Waals surface area contributed by atoms with E-state index in [4.69, 9.17) is 27.4 Å². The van der Waals surface area contributed by atoms with E-state index in [1.54, 1.807) is 23.3 Å². The number of likely N-dealkylation sites (tertiary alicyclic amines) is 1. The van der Waals surface area contributed by atoms with Crippen LogP contribution in [-0.2, 0) is 16.6 Å². The molecule has 1 aromatic carbocycles. The third kappa shape index (κ3) is 5.76. The number of aryl methyl sites for hydroxylation is 1. The van der Waals surface area contributed by atoms with Crippen LogP contribution in [0.3, 0.4) is 0 Å². The lowest BCUT2D eigenvalue weighted by atomic mass is 9.99. The maximum atomic E-state index is 12.4. The molecule has 1 amide bonds. The predicted octanol–water partition coefficient (Wildman–Crippen LogP) is 4.09. The van der Waals surface area contributed by atoms with Crippen molar-refractivity contribution in [1.29, 1.82) is 0 Å². The molecular weight excluding hydrogens is 550 g/mol. The second-order valence-electron chi connectivity index (χ2n) is 10.8. The molecule has 0 spiro atoms. The number of benzene rings is 1. The summed E-state index contributed by atoms with van der Waals surface area (Å²) in [6.45, 7) is 3.94. The van der Waals surface area contributed by atoms with Gasteiger partial charge in [0.05, 0.1) is 39.5 Å². The number of rotatable bonds is 8. The summed E-state index contributed by atoms with van der Waals surface area (Å²) in [4.78, 5) is 24.2. The van der Waals surface area contributed by atoms with E-state index in [1.807, 2.05) is 67.3 Å². The van der Waals surface area contributed by atoms with Crippen molar-refractivity contribution in [3.05, 3.63) is 78.7 Å². The van der Waals surface area contributed by atoms with E-state index in [0.29, 0.717) is 16.3 Å². The fraction of sp³-hybridized carbons (Fsp3) is 0.323. The Hall–Kier alpha value is -4.19. The van der Waals surface area contributed by atoms with Crippen LogP contribution in [0, 0.1) is 0 Å². The molecule has 4 heterocycles. The van der Waals surface area contributed by atoms with Crippen molar-refractivity contribution in [2.45, 2.75) is 38.1 Å². The standard InChI is InChI=1S/C31H33N7O3S/c1-19(26-15-24(6-9-33-26)41-23-7-10-36(2)11-8-23)40-29-14-22(13-25(30(29)42)31(32)39)38-18-34-27-12-20(4-5-28(27)38)21-16-35-37(3)17-21/h4-6,9,12-19,23,29H,7-8,10-11H2,1-3H3,(H2,32,39). The number of piperidine rings is 1. The van der Waals surface area contributed by atoms with Gasteiger partial charge in [0.1, 0.15) is 24.3 Å². The highest BCUT2D eigenvalue weighted by Gasteiger charge is 2.29. The minimum Gasteiger partial charge on any atom is -0.490 e. The van der Waals surface area contributed by atoms with Crippen LogP contribution in [-0.4, -0.2) is 72.3 Å². The minimum atomic E-state index is -0.676. The Labute approximate surface area is 249 Å². The maximum Gasteiger partial charge on any atom is 0.250 e. The highest BCUT2D eigenvalue weighted by molar-refractivity contribution is 7.81. The van der Waals surface area contributed by atoms with Crippen LogP contribution < -0.4 is 10.5 Å². The molecule has 42 heavy (non-hydrogen) atoms. The van der Waals surface area contributed by atoms with Gasteiger partial charge in [0.2, 0.25) is 5.91 Å². The Kier molecular flexibility index (Phi) is 7.72. The van der Waals surface area contributed by atoms with Gasteiger partial charge in [-0.15, -0.1) is 0 Å². The number of hydrogen-bond donors (Lipinski definition) is 1. The Balaban J connectivity index is 1.25. The van der Waals surface area contributed by atoms with Gasteiger partial charge in [-0.3, -0.25) is 19.0 Å². The molecule has 4 aromatic rings. The van der Waals surface area contributed by atoms with E-state index in [9.17, 15) is 4.79 Å². The zero-order valence-electron chi connectivity index (χ0n) is 23.8. The number of nitrogens with zero attached hydrogens (tertiary/aromatic N) is 6. The van der Waals surface area contributed by atoms with Gasteiger partial charge in [-0.1, -0.05) is 18.3 Å². The number of aromatic nitrogens is 5. The smallest absolute Gasteiger partial charge is 0.250 e. The van der Waals surface area contributed by atoms with E-state index in [-0.39, 0.29) is 11.7 Å². The molecule has 10 nitrogen and oxygen atoms in total. The van der Waals surface area contributed by atoms with Crippen molar-refractivity contribution >= 4 is 39.7 Å². The average molecular weight is 584 g/mol. The van der Waals surface area contributed by atoms with Gasteiger partial charge in [-0.25, -0.2) is 4.98 Å². The van der Waals surface area contributed by atoms with Crippen LogP contribution in [0.15, 0.2) is 73.0 Å². The van der Waals surface area contributed by atoms with Gasteiger partial charge in [0.25, 0.3) is 0 Å². The summed E-state index contributed by atoms with van der Waals surface area (Å²) < 4.78 is 16.3. The summed E-state index contributed by atoms with van der Waals surface area (Å²) in [6.07, 6.45) is 11.9. The van der Waals surface area contributed by atoms with Crippen LogP contribution in [0.2, 0.25) is 0 Å². The molecule has 1 aliphatic heterocycles. The fourth-order valence-corrected chi connectivity index (χ4v) is 5.65. The van der Waals surface area contributed by atoms with Crippen molar-refractivity contribution in [3.63, 3.8) is 0 Å². The zero-order chi connectivity index (χ0) is 29.4. The van der Waals surface area contributed by atoms with Gasteiger partial charge in [0.15, 0.2) is 0 Å². The number of nitrogens with two attached hydrogens (primary N) is 1. The first-order valence-corrected chi connectivity index (χ1v) is 14.4. The minimum absolute atomic E-state index is 0.179. The van der Waals surface area contributed by atoms with E-state index in [0.717, 1.165) is 53.8 Å². The van der Waals surface area contributed by atoms with Crippen molar-refractivity contribution < 1.29 is 14.3 Å². The number of allylic oxidation sites excluding steroid dienone is 2. The maximum absolute atomic E-state index is 12.4. The molecule has 11 heteroatoms. The van der Waals surface area contributed by atoms with Gasteiger partial charge in [0, 0.05) is 49.9 Å². The molecule has 1 saturated heterocycles. The summed E-state index contributed by atoms with van der Waals surface area (Å²) in [6, 6.07) is 9.81. The monoisotopic (exact) mass is 583 g/mol. The first-order chi connectivity index (χ1) is 20.2. The van der Waals surface area contributed by atoms with Crippen LogP contribution in [0.25, 0.3) is 27.9 Å². The number of imidazole rings is 1. The predicted molar refractivity (Wildman–Crippen MR) is 165 cm³/mol. The number of fused-ring (bicyclic) bond motifs is 1. The first-order valence-electron chi connectivity index (χ1n) is 14.0. The summed E-state index contributed by atoms with van der Waals surface area (Å²) >= 11 is 5.67. The lowest BCUT2D eigenvalue weighted by molar-refractivity contribution is -0.114. The molecular formula is C31H33N7O3S. The van der Waals surface area contributed by atoms with Gasteiger partial charge in [-0.05, 0) is 62.7 Å². The summed E-state index contributed by atoms with van der Waals surface area (Å²) in [5.74, 6) is 0.155. The number of carbonyl (C=O) groups is 1. The number of amides is 1. The van der Waals surface area contributed by atoms with E-state index in [1.165, 1.54) is 0 Å². The normalized spacial score (nSPS) is 19.0. The summed E-state index contributed by atoms with van der Waals surface area (Å²) in [5, 5.41) is 4.26. The van der Waals surface area contributed by atoms with E-state index >= 15 is 0 Å². The largest absolute Gasteiger partial charge is 0.490 e. The fourth-order valence-electron chi connectivity index (χ4n) is 5.37. The molecule has 216 valence electrons. The molecule has 3 aromatic heterocycles. The van der Waals surface area contributed by atoms with Crippen LogP contribution in [0.4, 0.5) is 0 Å². The van der Waals surface area contributed by atoms with Gasteiger partial charge >= 0.3 is 0 Å². The molecule has 1 fully saturated rings. The molecule has 2 atom stereocenters. The number of carbonyl (C=O) groups excluding carboxylic acids is 1. The Morgan fingerprint density at radius 2 is 1.93 bits per heavy atom. The molecule has 2 unspecified atom stereocenters. The summed E-state index contributed by atoms with van der Waals surface area (Å²) in [5.41, 5.74) is 11.1. The Morgan fingerprint density at radius 3 is 2.67 bits per heavy atom. The molecule has 0 bridgehead atoms. The van der Waals surface area contributed by atoms with E-state index in [2.05, 4.69) is 27.0 Å². The molecule has 2 aliphatic rings. The third-order valence-corrected chi connectivity index (χ3v) is 8.21. The molecule has 2 N–H and O–H groups in total. The van der Waals surface area contributed by atoms with Gasteiger partial charge in [-0.2, -0.15) is 5.10 Å². The second kappa shape index (κ2) is 11.6. The van der Waals surface area contributed by atoms with Crippen LogP contribution >= 0.6 is 12.2 Å². The number of hydrogen-bond acceptors (Lipinski definition) is 8. The van der Waals surface area contributed by atoms with E-state index < -0.39 is 18.1 Å². The van der Waals surface area contributed by atoms with Gasteiger partial charge < -0.3 is 20.1 Å². The third-order valence-electron chi connectivity index (χ3n) is 7.76. The SMILES string of the molecule is CC(OC1C=C(n2cnc3cc(-c4cnn(C)c4)ccc32)C=C(C(N)=O)C1=S)c1cc(OC2CCN(C)CC2)ccn1. The number of ether oxygens (including phenoxy) is 2. The molecule has 0 saturated carbocycles. The molecule has 1 aliphatic carbocycles. The average Bonchev–Trinajstić information content (AvgIpc) is 3.61. The Morgan fingerprint density at radius 1 is 1.12 bits per heavy atom. The molecule has 0 radical (unpaired) electrons. The Bertz CT molecular complexity index is 1710. The number of thiocarbonyl (C=S) groups is 1. The highest BCUT2D eigenvalue weighted by atomic mass is 32.1. The topological polar surface area (TPSA) is 113 Å². The number of primary amides is 1. The lowest BCUT2D eigenvalue weighted by Crippen LogP contribution is -2.35. The second-order valence-corrected chi connectivity index (χ2v) is 11.3. The van der Waals surface area contributed by atoms with Crippen molar-refractivity contribution in [3.8, 4) is 16.9 Å². The lowest BCUT2D eigenvalue weighted by Gasteiger charge is -2.29. The van der Waals surface area contributed by atoms with Crippen molar-refractivity contribution in [2.24, 2.45) is 12.8 Å². The zero-order valence-corrected chi connectivity index (χ0v) is 24.6. The highest BCUT2D eigenvalue weighted by Crippen LogP contribution is 2.31. The van der Waals surface area contributed by atoms with Crippen LogP contribution in [0.1, 0.15) is 31.6 Å².